The number of amides is 1. The number of hydrogen-bond donors (Lipinski definition) is 3. The zero-order valence-electron chi connectivity index (χ0n) is 14.4. The third-order valence-electron chi connectivity index (χ3n) is 4.76. The second-order valence-corrected chi connectivity index (χ2v) is 9.87. The van der Waals surface area contributed by atoms with Crippen LogP contribution in [0, 0.1) is 0 Å². The van der Waals surface area contributed by atoms with Gasteiger partial charge in [-0.2, -0.15) is 0 Å². The molecule has 0 saturated carbocycles. The molecule has 1 aromatic carbocycles. The van der Waals surface area contributed by atoms with Gasteiger partial charge in [-0.05, 0) is 43.5 Å². The Hall–Kier alpha value is -1.19. The highest BCUT2D eigenvalue weighted by molar-refractivity contribution is 7.92. The lowest BCUT2D eigenvalue weighted by molar-refractivity contribution is -0.124. The van der Waals surface area contributed by atoms with Crippen LogP contribution >= 0.6 is 23.7 Å². The molecule has 1 amide bonds. The number of hydrogen-bond acceptors (Lipinski definition) is 6. The number of aliphatic hydroxyl groups excluding tert-OH is 1. The number of carbonyl (C=O) groups is 1. The van der Waals surface area contributed by atoms with Crippen molar-refractivity contribution in [2.45, 2.75) is 23.7 Å². The molecule has 3 N–H and O–H groups in total. The second-order valence-electron chi connectivity index (χ2n) is 6.43. The van der Waals surface area contributed by atoms with E-state index < -0.39 is 26.6 Å². The Labute approximate surface area is 163 Å². The number of sulfone groups is 1. The third kappa shape index (κ3) is 4.04. The summed E-state index contributed by atoms with van der Waals surface area (Å²) in [5, 5.41) is 17.2. The van der Waals surface area contributed by atoms with Gasteiger partial charge in [0.15, 0.2) is 14.6 Å². The number of aliphatic hydroxyl groups is 1. The number of benzene rings is 1. The molecule has 1 aliphatic heterocycles. The molecule has 2 aromatic rings. The minimum absolute atomic E-state index is 0. The number of carbonyl (C=O) groups excluding carboxylic acids is 1. The normalized spacial score (nSPS) is 18.1. The van der Waals surface area contributed by atoms with Gasteiger partial charge >= 0.3 is 0 Å². The first-order valence-electron chi connectivity index (χ1n) is 8.19. The molecule has 1 aromatic heterocycles. The quantitative estimate of drug-likeness (QED) is 0.686. The van der Waals surface area contributed by atoms with E-state index in [-0.39, 0.29) is 31.8 Å². The van der Waals surface area contributed by atoms with E-state index in [0.29, 0.717) is 13.1 Å². The van der Waals surface area contributed by atoms with Crippen LogP contribution in [0.2, 0.25) is 0 Å². The number of fused-ring (bicyclic) bond motifs is 1. The standard InChI is InChI=1S/C17H22N2O4S2.ClH/c1-25(22,23)17(6-8-18-9-7-17)16(21)19-11-13(20)15-10-12-4-2-3-5-14(12)24-15;/h2-5,10,13,18,20H,6-9,11H2,1H3,(H,19,21);1H. The van der Waals surface area contributed by atoms with Crippen molar-refractivity contribution in [3.8, 4) is 0 Å². The molecule has 1 fully saturated rings. The average molecular weight is 419 g/mol. The molecule has 26 heavy (non-hydrogen) atoms. The lowest BCUT2D eigenvalue weighted by atomic mass is 9.96. The van der Waals surface area contributed by atoms with Crippen molar-refractivity contribution in [1.82, 2.24) is 10.6 Å². The Morgan fingerprint density at radius 1 is 1.35 bits per heavy atom. The first-order chi connectivity index (χ1) is 11.8. The largest absolute Gasteiger partial charge is 0.386 e. The summed E-state index contributed by atoms with van der Waals surface area (Å²) in [4.78, 5) is 13.4. The topological polar surface area (TPSA) is 95.5 Å². The van der Waals surface area contributed by atoms with E-state index in [1.54, 1.807) is 0 Å². The van der Waals surface area contributed by atoms with Gasteiger partial charge < -0.3 is 15.7 Å². The zero-order valence-corrected chi connectivity index (χ0v) is 16.8. The summed E-state index contributed by atoms with van der Waals surface area (Å²) in [6.07, 6.45) is 0.743. The highest BCUT2D eigenvalue weighted by atomic mass is 35.5. The smallest absolute Gasteiger partial charge is 0.241 e. The van der Waals surface area contributed by atoms with Gasteiger partial charge in [-0.25, -0.2) is 8.42 Å². The highest BCUT2D eigenvalue weighted by Gasteiger charge is 2.48. The van der Waals surface area contributed by atoms with Crippen molar-refractivity contribution in [3.63, 3.8) is 0 Å². The Morgan fingerprint density at radius 3 is 2.62 bits per heavy atom. The number of piperidine rings is 1. The van der Waals surface area contributed by atoms with Crippen LogP contribution in [0.3, 0.4) is 0 Å². The van der Waals surface area contributed by atoms with E-state index in [4.69, 9.17) is 0 Å². The fourth-order valence-corrected chi connectivity index (χ4v) is 5.62. The van der Waals surface area contributed by atoms with Crippen LogP contribution in [-0.2, 0) is 14.6 Å². The molecule has 3 rings (SSSR count). The van der Waals surface area contributed by atoms with Gasteiger partial charge in [-0.3, -0.25) is 4.79 Å². The molecule has 9 heteroatoms. The van der Waals surface area contributed by atoms with Gasteiger partial charge in [0.2, 0.25) is 5.91 Å². The molecule has 1 unspecified atom stereocenters. The van der Waals surface area contributed by atoms with Crippen molar-refractivity contribution in [2.75, 3.05) is 25.9 Å². The minimum atomic E-state index is -3.55. The molecule has 0 aliphatic carbocycles. The minimum Gasteiger partial charge on any atom is -0.386 e. The monoisotopic (exact) mass is 418 g/mol. The zero-order chi connectivity index (χ0) is 18.1. The van der Waals surface area contributed by atoms with E-state index >= 15 is 0 Å². The predicted molar refractivity (Wildman–Crippen MR) is 107 cm³/mol. The summed E-state index contributed by atoms with van der Waals surface area (Å²) >= 11 is 1.47. The lowest BCUT2D eigenvalue weighted by Gasteiger charge is -2.34. The van der Waals surface area contributed by atoms with Gasteiger partial charge in [-0.1, -0.05) is 18.2 Å². The fourth-order valence-electron chi connectivity index (χ4n) is 3.21. The van der Waals surface area contributed by atoms with Gasteiger partial charge in [0.1, 0.15) is 6.10 Å². The second kappa shape index (κ2) is 8.22. The summed E-state index contributed by atoms with van der Waals surface area (Å²) in [7, 11) is -3.55. The van der Waals surface area contributed by atoms with Crippen molar-refractivity contribution >= 4 is 49.6 Å². The summed E-state index contributed by atoms with van der Waals surface area (Å²) in [6.45, 7) is 0.967. The van der Waals surface area contributed by atoms with Crippen LogP contribution in [0.15, 0.2) is 30.3 Å². The molecule has 0 bridgehead atoms. The number of thiophene rings is 1. The number of halogens is 1. The molecule has 1 saturated heterocycles. The van der Waals surface area contributed by atoms with Crippen molar-refractivity contribution in [1.29, 1.82) is 0 Å². The predicted octanol–water partition coefficient (Wildman–Crippen LogP) is 1.64. The molecule has 0 radical (unpaired) electrons. The molecule has 144 valence electrons. The Morgan fingerprint density at radius 2 is 2.00 bits per heavy atom. The van der Waals surface area contributed by atoms with E-state index in [9.17, 15) is 18.3 Å². The SMILES string of the molecule is CS(=O)(=O)C1(C(=O)NCC(O)c2cc3ccccc3s2)CCNCC1.Cl. The molecule has 6 nitrogen and oxygen atoms in total. The van der Waals surface area contributed by atoms with Crippen LogP contribution in [0.25, 0.3) is 10.1 Å². The van der Waals surface area contributed by atoms with Crippen LogP contribution < -0.4 is 10.6 Å². The summed E-state index contributed by atoms with van der Waals surface area (Å²) in [5.41, 5.74) is 0. The lowest BCUT2D eigenvalue weighted by Crippen LogP contribution is -2.57. The van der Waals surface area contributed by atoms with Crippen LogP contribution in [0.1, 0.15) is 23.8 Å². The molecule has 1 aliphatic rings. The molecular weight excluding hydrogens is 396 g/mol. The average Bonchev–Trinajstić information content (AvgIpc) is 3.03. The first kappa shape index (κ1) is 21.1. The van der Waals surface area contributed by atoms with Crippen molar-refractivity contribution < 1.29 is 18.3 Å². The van der Waals surface area contributed by atoms with E-state index in [1.807, 2.05) is 30.3 Å². The summed E-state index contributed by atoms with van der Waals surface area (Å²) in [6, 6.07) is 9.70. The van der Waals surface area contributed by atoms with Crippen LogP contribution in [-0.4, -0.2) is 50.1 Å². The number of rotatable bonds is 5. The molecular formula is C17H23ClN2O4S2. The third-order valence-corrected chi connectivity index (χ3v) is 7.99. The first-order valence-corrected chi connectivity index (χ1v) is 10.9. The maximum Gasteiger partial charge on any atom is 0.241 e. The maximum absolute atomic E-state index is 12.6. The Kier molecular flexibility index (Phi) is 6.68. The van der Waals surface area contributed by atoms with Crippen molar-refractivity contribution in [3.05, 3.63) is 35.2 Å². The van der Waals surface area contributed by atoms with E-state index in [2.05, 4.69) is 10.6 Å². The van der Waals surface area contributed by atoms with Gasteiger partial charge in [-0.15, -0.1) is 23.7 Å². The van der Waals surface area contributed by atoms with E-state index in [1.165, 1.54) is 11.3 Å². The van der Waals surface area contributed by atoms with E-state index in [0.717, 1.165) is 21.2 Å². The van der Waals surface area contributed by atoms with Crippen LogP contribution in [0.5, 0.6) is 0 Å². The highest BCUT2D eigenvalue weighted by Crippen LogP contribution is 2.31. The Balaban J connectivity index is 0.00000243. The number of nitrogens with one attached hydrogen (secondary N) is 2. The fraction of sp³-hybridized carbons (Fsp3) is 0.471. The maximum atomic E-state index is 12.6. The van der Waals surface area contributed by atoms with Crippen molar-refractivity contribution in [2.24, 2.45) is 0 Å². The summed E-state index contributed by atoms with van der Waals surface area (Å²) < 4.78 is 24.1. The van der Waals surface area contributed by atoms with Gasteiger partial charge in [0.05, 0.1) is 0 Å². The Bertz CT molecular complexity index is 843. The van der Waals surface area contributed by atoms with Crippen LogP contribution in [0.4, 0.5) is 0 Å². The molecule has 0 spiro atoms. The molecule has 1 atom stereocenters. The summed E-state index contributed by atoms with van der Waals surface area (Å²) in [5.74, 6) is -0.517. The van der Waals surface area contributed by atoms with Gasteiger partial charge in [0.25, 0.3) is 0 Å². The van der Waals surface area contributed by atoms with Gasteiger partial charge in [0, 0.05) is 22.4 Å². The molecule has 2 heterocycles.